The van der Waals surface area contributed by atoms with E-state index in [0.717, 1.165) is 0 Å². The SMILES string of the molecule is CC(C)C1CC(C(=O)OCCNC(=O)c2ccccc2)NN1. The van der Waals surface area contributed by atoms with Crippen molar-refractivity contribution < 1.29 is 14.3 Å². The summed E-state index contributed by atoms with van der Waals surface area (Å²) >= 11 is 0. The molecule has 6 heteroatoms. The Morgan fingerprint density at radius 3 is 2.64 bits per heavy atom. The van der Waals surface area contributed by atoms with E-state index in [0.29, 0.717) is 24.4 Å². The fraction of sp³-hybridized carbons (Fsp3) is 0.500. The molecule has 0 spiro atoms. The molecular formula is C16H23N3O3. The van der Waals surface area contributed by atoms with Crippen LogP contribution < -0.4 is 16.2 Å². The molecule has 3 N–H and O–H groups in total. The lowest BCUT2D eigenvalue weighted by molar-refractivity contribution is -0.145. The van der Waals surface area contributed by atoms with E-state index in [-0.39, 0.29) is 30.6 Å². The second-order valence-electron chi connectivity index (χ2n) is 5.72. The van der Waals surface area contributed by atoms with Crippen LogP contribution in [0.3, 0.4) is 0 Å². The van der Waals surface area contributed by atoms with Gasteiger partial charge in [-0.1, -0.05) is 32.0 Å². The van der Waals surface area contributed by atoms with Crippen LogP contribution in [0.1, 0.15) is 30.6 Å². The number of carbonyl (C=O) groups is 2. The van der Waals surface area contributed by atoms with Gasteiger partial charge in [0.05, 0.1) is 6.54 Å². The summed E-state index contributed by atoms with van der Waals surface area (Å²) in [7, 11) is 0. The van der Waals surface area contributed by atoms with Gasteiger partial charge in [-0.05, 0) is 24.5 Å². The Bertz CT molecular complexity index is 505. The number of esters is 1. The van der Waals surface area contributed by atoms with Crippen molar-refractivity contribution in [2.24, 2.45) is 5.92 Å². The van der Waals surface area contributed by atoms with Gasteiger partial charge in [-0.15, -0.1) is 0 Å². The van der Waals surface area contributed by atoms with Gasteiger partial charge in [0.25, 0.3) is 5.91 Å². The van der Waals surface area contributed by atoms with Gasteiger partial charge in [0.15, 0.2) is 0 Å². The lowest BCUT2D eigenvalue weighted by atomic mass is 10.00. The van der Waals surface area contributed by atoms with Crippen molar-refractivity contribution in [2.75, 3.05) is 13.2 Å². The van der Waals surface area contributed by atoms with Crippen LogP contribution in [0.15, 0.2) is 30.3 Å². The quantitative estimate of drug-likeness (QED) is 0.536. The topological polar surface area (TPSA) is 79.5 Å². The van der Waals surface area contributed by atoms with E-state index in [1.54, 1.807) is 24.3 Å². The number of rotatable bonds is 6. The van der Waals surface area contributed by atoms with Crippen molar-refractivity contribution >= 4 is 11.9 Å². The average Bonchev–Trinajstić information content (AvgIpc) is 3.02. The Morgan fingerprint density at radius 2 is 2.00 bits per heavy atom. The summed E-state index contributed by atoms with van der Waals surface area (Å²) < 4.78 is 5.18. The molecule has 0 aromatic heterocycles. The van der Waals surface area contributed by atoms with E-state index in [1.807, 2.05) is 6.07 Å². The van der Waals surface area contributed by atoms with Crippen LogP contribution in [0.2, 0.25) is 0 Å². The van der Waals surface area contributed by atoms with Gasteiger partial charge < -0.3 is 10.1 Å². The molecule has 1 fully saturated rings. The van der Waals surface area contributed by atoms with E-state index < -0.39 is 0 Å². The van der Waals surface area contributed by atoms with E-state index in [1.165, 1.54) is 0 Å². The first-order valence-corrected chi connectivity index (χ1v) is 7.59. The van der Waals surface area contributed by atoms with Crippen molar-refractivity contribution in [1.29, 1.82) is 0 Å². The lowest BCUT2D eigenvalue weighted by Gasteiger charge is -2.12. The third-order valence-corrected chi connectivity index (χ3v) is 3.69. The molecule has 1 heterocycles. The van der Waals surface area contributed by atoms with Gasteiger partial charge in [-0.2, -0.15) is 0 Å². The number of amides is 1. The molecule has 1 aromatic rings. The number of ether oxygens (including phenoxy) is 1. The standard InChI is InChI=1S/C16H23N3O3/c1-11(2)13-10-14(19-18-13)16(21)22-9-8-17-15(20)12-6-4-3-5-7-12/h3-7,11,13-14,18-19H,8-10H2,1-2H3,(H,17,20). The third-order valence-electron chi connectivity index (χ3n) is 3.69. The zero-order chi connectivity index (χ0) is 15.9. The molecule has 0 bridgehead atoms. The number of nitrogens with one attached hydrogen (secondary N) is 3. The Labute approximate surface area is 130 Å². The van der Waals surface area contributed by atoms with Crippen molar-refractivity contribution in [2.45, 2.75) is 32.4 Å². The first kappa shape index (κ1) is 16.5. The molecule has 120 valence electrons. The van der Waals surface area contributed by atoms with Crippen molar-refractivity contribution in [3.63, 3.8) is 0 Å². The second kappa shape index (κ2) is 7.91. The highest BCUT2D eigenvalue weighted by atomic mass is 16.5. The monoisotopic (exact) mass is 305 g/mol. The van der Waals surface area contributed by atoms with E-state index in [4.69, 9.17) is 4.74 Å². The fourth-order valence-electron chi connectivity index (χ4n) is 2.28. The average molecular weight is 305 g/mol. The first-order valence-electron chi connectivity index (χ1n) is 7.59. The molecule has 1 aromatic carbocycles. The smallest absolute Gasteiger partial charge is 0.324 e. The Morgan fingerprint density at radius 1 is 1.27 bits per heavy atom. The van der Waals surface area contributed by atoms with Crippen LogP contribution in [-0.4, -0.2) is 37.1 Å². The van der Waals surface area contributed by atoms with Crippen LogP contribution in [0.25, 0.3) is 0 Å². The van der Waals surface area contributed by atoms with Gasteiger partial charge in [0.1, 0.15) is 12.6 Å². The van der Waals surface area contributed by atoms with Gasteiger partial charge in [-0.3, -0.25) is 15.0 Å². The minimum atomic E-state index is -0.322. The van der Waals surface area contributed by atoms with Crippen molar-refractivity contribution in [1.82, 2.24) is 16.2 Å². The molecular weight excluding hydrogens is 282 g/mol. The summed E-state index contributed by atoms with van der Waals surface area (Å²) in [5.41, 5.74) is 6.64. The summed E-state index contributed by atoms with van der Waals surface area (Å²) in [6, 6.07) is 8.89. The highest BCUT2D eigenvalue weighted by molar-refractivity contribution is 5.94. The van der Waals surface area contributed by atoms with Gasteiger partial charge in [-0.25, -0.2) is 5.43 Å². The molecule has 0 aliphatic carbocycles. The van der Waals surface area contributed by atoms with Crippen LogP contribution in [0, 0.1) is 5.92 Å². The maximum absolute atomic E-state index is 11.9. The highest BCUT2D eigenvalue weighted by Crippen LogP contribution is 2.13. The Hall–Kier alpha value is -1.92. The van der Waals surface area contributed by atoms with Crippen LogP contribution in [-0.2, 0) is 9.53 Å². The highest BCUT2D eigenvalue weighted by Gasteiger charge is 2.31. The molecule has 6 nitrogen and oxygen atoms in total. The lowest BCUT2D eigenvalue weighted by Crippen LogP contribution is -2.39. The summed E-state index contributed by atoms with van der Waals surface area (Å²) in [6.07, 6.45) is 0.715. The maximum atomic E-state index is 11.9. The van der Waals surface area contributed by atoms with Crippen LogP contribution >= 0.6 is 0 Å². The predicted octanol–water partition coefficient (Wildman–Crippen LogP) is 0.851. The number of hydrazine groups is 1. The Balaban J connectivity index is 1.65. The van der Waals surface area contributed by atoms with Gasteiger partial charge in [0, 0.05) is 11.6 Å². The minimum absolute atomic E-state index is 0.169. The number of hydrogen-bond donors (Lipinski definition) is 3. The summed E-state index contributed by atoms with van der Waals surface area (Å²) in [4.78, 5) is 23.7. The fourth-order valence-corrected chi connectivity index (χ4v) is 2.28. The third kappa shape index (κ3) is 4.54. The predicted molar refractivity (Wildman–Crippen MR) is 83.0 cm³/mol. The molecule has 2 unspecified atom stereocenters. The molecule has 0 radical (unpaired) electrons. The molecule has 22 heavy (non-hydrogen) atoms. The number of carbonyl (C=O) groups excluding carboxylic acids is 2. The molecule has 1 saturated heterocycles. The molecule has 1 aliphatic rings. The van der Waals surface area contributed by atoms with E-state index in [9.17, 15) is 9.59 Å². The molecule has 1 aliphatic heterocycles. The maximum Gasteiger partial charge on any atom is 0.324 e. The zero-order valence-corrected chi connectivity index (χ0v) is 13.0. The van der Waals surface area contributed by atoms with Gasteiger partial charge in [0.2, 0.25) is 0 Å². The van der Waals surface area contributed by atoms with Crippen LogP contribution in [0.5, 0.6) is 0 Å². The first-order chi connectivity index (χ1) is 10.6. The number of benzene rings is 1. The molecule has 0 saturated carbocycles. The normalized spacial score (nSPS) is 20.9. The molecule has 2 atom stereocenters. The zero-order valence-electron chi connectivity index (χ0n) is 13.0. The molecule has 2 rings (SSSR count). The van der Waals surface area contributed by atoms with Crippen LogP contribution in [0.4, 0.5) is 0 Å². The van der Waals surface area contributed by atoms with Gasteiger partial charge >= 0.3 is 5.97 Å². The largest absolute Gasteiger partial charge is 0.463 e. The summed E-state index contributed by atoms with van der Waals surface area (Å²) in [5.74, 6) is -0.00255. The molecule has 1 amide bonds. The second-order valence-corrected chi connectivity index (χ2v) is 5.72. The minimum Gasteiger partial charge on any atom is -0.463 e. The van der Waals surface area contributed by atoms with Crippen molar-refractivity contribution in [3.05, 3.63) is 35.9 Å². The van der Waals surface area contributed by atoms with Crippen molar-refractivity contribution in [3.8, 4) is 0 Å². The summed E-state index contributed by atoms with van der Waals surface area (Å²) in [6.45, 7) is 4.67. The summed E-state index contributed by atoms with van der Waals surface area (Å²) in [5, 5.41) is 2.72. The Kier molecular flexibility index (Phi) is 5.91. The number of hydrogen-bond acceptors (Lipinski definition) is 5. The van der Waals surface area contributed by atoms with E-state index >= 15 is 0 Å². The van der Waals surface area contributed by atoms with E-state index in [2.05, 4.69) is 30.0 Å².